The third kappa shape index (κ3) is 1.93. The average Bonchev–Trinajstić information content (AvgIpc) is 2.50. The number of nitrogens with one attached hydrogen (secondary N) is 1. The molecule has 2 aromatic carbocycles. The van der Waals surface area contributed by atoms with E-state index in [2.05, 4.69) is 22.3 Å². The van der Waals surface area contributed by atoms with Gasteiger partial charge in [-0.05, 0) is 44.0 Å². The number of nitrogens with zero attached hydrogens (tertiary/aromatic N) is 1. The highest BCUT2D eigenvalue weighted by Gasteiger charge is 2.34. The van der Waals surface area contributed by atoms with Crippen LogP contribution >= 0.6 is 0 Å². The van der Waals surface area contributed by atoms with Crippen LogP contribution in [-0.4, -0.2) is 35.7 Å². The van der Waals surface area contributed by atoms with Crippen molar-refractivity contribution in [2.24, 2.45) is 5.92 Å². The van der Waals surface area contributed by atoms with Gasteiger partial charge in [0.2, 0.25) is 0 Å². The molecule has 0 aromatic heterocycles. The Kier molecular flexibility index (Phi) is 2.81. The minimum absolute atomic E-state index is 0.361. The van der Waals surface area contributed by atoms with Gasteiger partial charge in [0.25, 0.3) is 0 Å². The Hall–Kier alpha value is -1.74. The highest BCUT2D eigenvalue weighted by Crippen LogP contribution is 2.34. The number of benzene rings is 2. The van der Waals surface area contributed by atoms with E-state index in [0.29, 0.717) is 11.8 Å². The summed E-state index contributed by atoms with van der Waals surface area (Å²) in [5, 5.41) is 15.7. The molecule has 3 nitrogen and oxygen atoms in total. The van der Waals surface area contributed by atoms with Crippen LogP contribution in [0.4, 0.5) is 5.69 Å². The number of aromatic hydroxyl groups is 1. The van der Waals surface area contributed by atoms with E-state index in [1.54, 1.807) is 6.07 Å². The van der Waals surface area contributed by atoms with Crippen LogP contribution < -0.4 is 5.32 Å². The SMILES string of the molecule is Oc1cccc2c(NC3CN4CCC3CC4)cccc12. The lowest BCUT2D eigenvalue weighted by Crippen LogP contribution is -2.53. The summed E-state index contributed by atoms with van der Waals surface area (Å²) in [6.45, 7) is 3.68. The highest BCUT2D eigenvalue weighted by atomic mass is 16.3. The van der Waals surface area contributed by atoms with Gasteiger partial charge in [-0.2, -0.15) is 0 Å². The van der Waals surface area contributed by atoms with Crippen LogP contribution in [0.25, 0.3) is 10.8 Å². The molecule has 1 unspecified atom stereocenters. The molecule has 0 spiro atoms. The lowest BCUT2D eigenvalue weighted by molar-refractivity contribution is 0.0976. The minimum atomic E-state index is 0.361. The summed E-state index contributed by atoms with van der Waals surface area (Å²) in [6, 6.07) is 12.4. The van der Waals surface area contributed by atoms with E-state index >= 15 is 0 Å². The standard InChI is InChI=1S/C17H20N2O/c20-17-6-2-3-13-14(17)4-1-5-15(13)18-16-11-19-9-7-12(16)8-10-19/h1-6,12,16,18,20H,7-11H2. The summed E-state index contributed by atoms with van der Waals surface area (Å²) in [6.07, 6.45) is 2.63. The lowest BCUT2D eigenvalue weighted by atomic mass is 9.84. The predicted molar refractivity (Wildman–Crippen MR) is 82.2 cm³/mol. The van der Waals surface area contributed by atoms with Crippen molar-refractivity contribution in [3.05, 3.63) is 36.4 Å². The molecule has 20 heavy (non-hydrogen) atoms. The van der Waals surface area contributed by atoms with Gasteiger partial charge in [-0.15, -0.1) is 0 Å². The minimum Gasteiger partial charge on any atom is -0.507 e. The fourth-order valence-electron chi connectivity index (χ4n) is 3.75. The van der Waals surface area contributed by atoms with E-state index in [0.717, 1.165) is 28.9 Å². The number of hydrogen-bond donors (Lipinski definition) is 2. The number of hydrogen-bond acceptors (Lipinski definition) is 3. The lowest BCUT2D eigenvalue weighted by Gasteiger charge is -2.45. The molecule has 0 radical (unpaired) electrons. The van der Waals surface area contributed by atoms with E-state index in [-0.39, 0.29) is 0 Å². The maximum Gasteiger partial charge on any atom is 0.123 e. The Bertz CT molecular complexity index is 632. The van der Waals surface area contributed by atoms with Crippen molar-refractivity contribution >= 4 is 16.5 Å². The van der Waals surface area contributed by atoms with Gasteiger partial charge in [0.05, 0.1) is 0 Å². The second kappa shape index (κ2) is 4.67. The predicted octanol–water partition coefficient (Wildman–Crippen LogP) is 3.05. The maximum absolute atomic E-state index is 9.97. The second-order valence-corrected chi connectivity index (χ2v) is 6.07. The molecule has 3 aliphatic heterocycles. The van der Waals surface area contributed by atoms with E-state index < -0.39 is 0 Å². The van der Waals surface area contributed by atoms with Crippen LogP contribution in [0.3, 0.4) is 0 Å². The zero-order chi connectivity index (χ0) is 13.5. The molecule has 1 atom stereocenters. The Morgan fingerprint density at radius 1 is 1.00 bits per heavy atom. The van der Waals surface area contributed by atoms with Crippen LogP contribution in [0.5, 0.6) is 5.75 Å². The third-order valence-corrected chi connectivity index (χ3v) is 4.90. The molecule has 0 aliphatic carbocycles. The largest absolute Gasteiger partial charge is 0.507 e. The first-order valence-electron chi connectivity index (χ1n) is 7.51. The molecule has 3 heteroatoms. The number of fused-ring (bicyclic) bond motifs is 4. The summed E-state index contributed by atoms with van der Waals surface area (Å²) in [5.41, 5.74) is 1.15. The number of piperidine rings is 3. The smallest absolute Gasteiger partial charge is 0.123 e. The van der Waals surface area contributed by atoms with Crippen LogP contribution in [0, 0.1) is 5.92 Å². The highest BCUT2D eigenvalue weighted by molar-refractivity contribution is 5.97. The molecule has 104 valence electrons. The quantitative estimate of drug-likeness (QED) is 0.878. The van der Waals surface area contributed by atoms with Gasteiger partial charge >= 0.3 is 0 Å². The third-order valence-electron chi connectivity index (χ3n) is 4.90. The van der Waals surface area contributed by atoms with Crippen molar-refractivity contribution < 1.29 is 5.11 Å². The van der Waals surface area contributed by atoms with Crippen LogP contribution in [0.15, 0.2) is 36.4 Å². The zero-order valence-electron chi connectivity index (χ0n) is 11.5. The van der Waals surface area contributed by atoms with E-state index in [9.17, 15) is 5.11 Å². The summed E-state index contributed by atoms with van der Waals surface area (Å²) in [4.78, 5) is 2.56. The molecule has 3 fully saturated rings. The monoisotopic (exact) mass is 268 g/mol. The molecule has 3 saturated heterocycles. The summed E-state index contributed by atoms with van der Waals surface area (Å²) >= 11 is 0. The number of phenolic OH excluding ortho intramolecular Hbond substituents is 1. The first kappa shape index (κ1) is 12.0. The van der Waals surface area contributed by atoms with Gasteiger partial charge in [-0.3, -0.25) is 0 Å². The van der Waals surface area contributed by atoms with Crippen molar-refractivity contribution in [2.75, 3.05) is 25.0 Å². The van der Waals surface area contributed by atoms with Crippen molar-refractivity contribution in [1.29, 1.82) is 0 Å². The molecular formula is C17H20N2O. The fraction of sp³-hybridized carbons (Fsp3) is 0.412. The summed E-state index contributed by atoms with van der Waals surface area (Å²) < 4.78 is 0. The molecular weight excluding hydrogens is 248 g/mol. The van der Waals surface area contributed by atoms with Crippen LogP contribution in [0.1, 0.15) is 12.8 Å². The van der Waals surface area contributed by atoms with Gasteiger partial charge in [0.15, 0.2) is 0 Å². The summed E-state index contributed by atoms with van der Waals surface area (Å²) in [5.74, 6) is 1.16. The first-order valence-corrected chi connectivity index (χ1v) is 7.51. The van der Waals surface area contributed by atoms with E-state index in [1.165, 1.54) is 25.9 Å². The van der Waals surface area contributed by atoms with Crippen LogP contribution in [0.2, 0.25) is 0 Å². The summed E-state index contributed by atoms with van der Waals surface area (Å²) in [7, 11) is 0. The van der Waals surface area contributed by atoms with Gasteiger partial charge in [0, 0.05) is 29.0 Å². The van der Waals surface area contributed by atoms with Crippen LogP contribution in [-0.2, 0) is 0 Å². The molecule has 2 N–H and O–H groups in total. The Morgan fingerprint density at radius 3 is 2.50 bits per heavy atom. The zero-order valence-corrected chi connectivity index (χ0v) is 11.5. The average molecular weight is 268 g/mol. The maximum atomic E-state index is 9.97. The molecule has 2 bridgehead atoms. The number of rotatable bonds is 2. The number of anilines is 1. The molecule has 0 saturated carbocycles. The topological polar surface area (TPSA) is 35.5 Å². The van der Waals surface area contributed by atoms with Crippen molar-refractivity contribution in [3.8, 4) is 5.75 Å². The molecule has 0 amide bonds. The van der Waals surface area contributed by atoms with Gasteiger partial charge in [-0.1, -0.05) is 24.3 Å². The van der Waals surface area contributed by atoms with Gasteiger partial charge < -0.3 is 15.3 Å². The first-order chi connectivity index (χ1) is 9.81. The van der Waals surface area contributed by atoms with Gasteiger partial charge in [0.1, 0.15) is 5.75 Å². The molecule has 3 heterocycles. The Labute approximate surface area is 119 Å². The Morgan fingerprint density at radius 2 is 1.75 bits per heavy atom. The van der Waals surface area contributed by atoms with Crippen molar-refractivity contribution in [2.45, 2.75) is 18.9 Å². The fourth-order valence-corrected chi connectivity index (χ4v) is 3.75. The number of phenols is 1. The van der Waals surface area contributed by atoms with E-state index in [4.69, 9.17) is 0 Å². The van der Waals surface area contributed by atoms with E-state index in [1.807, 2.05) is 18.2 Å². The molecule has 5 rings (SSSR count). The Balaban J connectivity index is 1.67. The normalized spacial score (nSPS) is 28.7. The second-order valence-electron chi connectivity index (χ2n) is 6.07. The van der Waals surface area contributed by atoms with Crippen molar-refractivity contribution in [3.63, 3.8) is 0 Å². The van der Waals surface area contributed by atoms with Crippen molar-refractivity contribution in [1.82, 2.24) is 4.90 Å². The molecule has 3 aliphatic rings. The molecule has 2 aromatic rings. The van der Waals surface area contributed by atoms with Gasteiger partial charge in [-0.25, -0.2) is 0 Å².